The van der Waals surface area contributed by atoms with Crippen LogP contribution in [0.2, 0.25) is 6.04 Å². The van der Waals surface area contributed by atoms with Crippen molar-refractivity contribution >= 4 is 20.6 Å². The van der Waals surface area contributed by atoms with Crippen molar-refractivity contribution in [2.75, 3.05) is 0 Å². The molecule has 1 nitrogen and oxygen atoms in total. The molecule has 2 heteroatoms. The van der Waals surface area contributed by atoms with Gasteiger partial charge in [0.2, 0.25) is 0 Å². The van der Waals surface area contributed by atoms with Gasteiger partial charge in [-0.25, -0.2) is 0 Å². The lowest BCUT2D eigenvalue weighted by Gasteiger charge is -1.83. The van der Waals surface area contributed by atoms with E-state index in [9.17, 15) is 4.79 Å². The van der Waals surface area contributed by atoms with E-state index in [4.69, 9.17) is 0 Å². The van der Waals surface area contributed by atoms with E-state index < -0.39 is 0 Å². The van der Waals surface area contributed by atoms with Gasteiger partial charge in [-0.2, -0.15) is 0 Å². The van der Waals surface area contributed by atoms with Gasteiger partial charge in [0.1, 0.15) is 5.78 Å². The number of carbonyl (C=O) groups is 1. The highest BCUT2D eigenvalue weighted by Gasteiger charge is 1.86. The SMILES string of the molecule is CC=[SiH]CCC(C)=O. The molecule has 0 aliphatic carbocycles. The van der Waals surface area contributed by atoms with E-state index >= 15 is 0 Å². The quantitative estimate of drug-likeness (QED) is 0.510. The van der Waals surface area contributed by atoms with Crippen LogP contribution in [0, 0.1) is 0 Å². The second-order valence-corrected chi connectivity index (χ2v) is 3.53. The van der Waals surface area contributed by atoms with Crippen LogP contribution in [0.5, 0.6) is 0 Å². The third-order valence-corrected chi connectivity index (χ3v) is 1.99. The van der Waals surface area contributed by atoms with Gasteiger partial charge in [0.15, 0.2) is 0 Å². The van der Waals surface area contributed by atoms with Crippen LogP contribution in [0.3, 0.4) is 0 Å². The molecule has 8 heavy (non-hydrogen) atoms. The molecule has 0 saturated carbocycles. The van der Waals surface area contributed by atoms with Crippen molar-refractivity contribution in [2.24, 2.45) is 0 Å². The molecule has 0 saturated heterocycles. The number of Topliss-reactive ketones (excluding diaryl/α,β-unsaturated/α-hetero) is 1. The maximum absolute atomic E-state index is 10.3. The minimum atomic E-state index is 0.319. The van der Waals surface area contributed by atoms with E-state index in [1.54, 1.807) is 6.92 Å². The predicted octanol–water partition coefficient (Wildman–Crippen LogP) is 0.642. The van der Waals surface area contributed by atoms with Gasteiger partial charge in [-0.05, 0) is 22.1 Å². The summed E-state index contributed by atoms with van der Waals surface area (Å²) in [7, 11) is 0.447. The molecule has 0 spiro atoms. The van der Waals surface area contributed by atoms with Gasteiger partial charge in [-0.15, -0.1) is 5.67 Å². The van der Waals surface area contributed by atoms with E-state index in [0.717, 1.165) is 12.5 Å². The maximum atomic E-state index is 10.3. The summed E-state index contributed by atoms with van der Waals surface area (Å²) in [6.45, 7) is 3.70. The molecular weight excluding hydrogens is 116 g/mol. The van der Waals surface area contributed by atoms with Gasteiger partial charge in [0.05, 0.1) is 0 Å². The van der Waals surface area contributed by atoms with E-state index in [0.29, 0.717) is 14.9 Å². The molecule has 0 heterocycles. The van der Waals surface area contributed by atoms with Crippen LogP contribution in [-0.4, -0.2) is 20.6 Å². The Morgan fingerprint density at radius 1 is 1.75 bits per heavy atom. The van der Waals surface area contributed by atoms with Gasteiger partial charge in [0, 0.05) is 6.42 Å². The smallest absolute Gasteiger partial charge is 0.129 e. The third kappa shape index (κ3) is 5.76. The molecule has 0 radical (unpaired) electrons. The third-order valence-electron chi connectivity index (χ3n) is 0.899. The predicted molar refractivity (Wildman–Crippen MR) is 39.0 cm³/mol. The van der Waals surface area contributed by atoms with Crippen LogP contribution in [0.15, 0.2) is 0 Å². The van der Waals surface area contributed by atoms with Crippen LogP contribution in [-0.2, 0) is 4.79 Å². The van der Waals surface area contributed by atoms with Gasteiger partial charge in [0.25, 0.3) is 0 Å². The van der Waals surface area contributed by atoms with Crippen molar-refractivity contribution in [2.45, 2.75) is 26.3 Å². The molecular formula is C6H12OSi. The minimum absolute atomic E-state index is 0.319. The Bertz CT molecular complexity index is 96.7. The van der Waals surface area contributed by atoms with Crippen LogP contribution >= 0.6 is 0 Å². The fraction of sp³-hybridized carbons (Fsp3) is 0.667. The van der Waals surface area contributed by atoms with E-state index in [1.165, 1.54) is 0 Å². The molecule has 0 unspecified atom stereocenters. The van der Waals surface area contributed by atoms with E-state index in [-0.39, 0.29) is 0 Å². The Morgan fingerprint density at radius 3 is 2.75 bits per heavy atom. The van der Waals surface area contributed by atoms with Crippen molar-refractivity contribution in [3.63, 3.8) is 0 Å². The lowest BCUT2D eigenvalue weighted by atomic mass is 10.4. The maximum Gasteiger partial charge on any atom is 0.129 e. The van der Waals surface area contributed by atoms with Crippen molar-refractivity contribution in [1.29, 1.82) is 0 Å². The first-order valence-corrected chi connectivity index (χ1v) is 4.36. The molecule has 0 atom stereocenters. The summed E-state index contributed by atoms with van der Waals surface area (Å²) in [5, 5.41) is 0. The summed E-state index contributed by atoms with van der Waals surface area (Å²) >= 11 is 0. The first kappa shape index (κ1) is 7.76. The van der Waals surface area contributed by atoms with Gasteiger partial charge < -0.3 is 4.79 Å². The first-order chi connectivity index (χ1) is 3.77. The molecule has 0 fully saturated rings. The van der Waals surface area contributed by atoms with Crippen LogP contribution in [0.25, 0.3) is 0 Å². The normalized spacial score (nSPS) is 10.2. The fourth-order valence-electron chi connectivity index (χ4n) is 0.453. The molecule has 0 N–H and O–H groups in total. The molecule has 0 aromatic carbocycles. The number of hydrogen-bond donors (Lipinski definition) is 0. The highest BCUT2D eigenvalue weighted by molar-refractivity contribution is 6.46. The zero-order valence-corrected chi connectivity index (χ0v) is 6.63. The first-order valence-electron chi connectivity index (χ1n) is 2.88. The Kier molecular flexibility index (Phi) is 4.76. The van der Waals surface area contributed by atoms with Crippen LogP contribution < -0.4 is 0 Å². The molecule has 0 amide bonds. The van der Waals surface area contributed by atoms with Crippen molar-refractivity contribution in [3.05, 3.63) is 0 Å². The number of rotatable bonds is 3. The van der Waals surface area contributed by atoms with Crippen LogP contribution in [0.1, 0.15) is 20.3 Å². The van der Waals surface area contributed by atoms with Gasteiger partial charge in [-0.3, -0.25) is 0 Å². The molecule has 0 aliphatic heterocycles. The largest absolute Gasteiger partial charge is 0.300 e. The summed E-state index contributed by atoms with van der Waals surface area (Å²) in [6.07, 6.45) is 0.777. The molecule has 0 bridgehead atoms. The average molecular weight is 128 g/mol. The lowest BCUT2D eigenvalue weighted by Crippen LogP contribution is -1.89. The highest BCUT2D eigenvalue weighted by Crippen LogP contribution is 1.84. The standard InChI is InChI=1S/C6H12OSi/c1-3-8-5-4-6(2)7/h3,8H,4-5H2,1-2H3. The Hall–Kier alpha value is -0.243. The van der Waals surface area contributed by atoms with Crippen molar-refractivity contribution in [1.82, 2.24) is 0 Å². The lowest BCUT2D eigenvalue weighted by molar-refractivity contribution is -0.116. The van der Waals surface area contributed by atoms with E-state index in [2.05, 4.69) is 12.6 Å². The molecule has 0 aromatic rings. The number of carbonyl (C=O) groups excluding carboxylic acids is 1. The number of hydrogen-bond acceptors (Lipinski definition) is 1. The summed E-state index contributed by atoms with van der Waals surface area (Å²) < 4.78 is 0. The summed E-state index contributed by atoms with van der Waals surface area (Å²) in [6, 6.07) is 1.10. The Balaban J connectivity index is 3.05. The zero-order valence-electron chi connectivity index (χ0n) is 5.48. The van der Waals surface area contributed by atoms with E-state index in [1.807, 2.05) is 0 Å². The molecule has 46 valence electrons. The Morgan fingerprint density at radius 2 is 2.38 bits per heavy atom. The summed E-state index contributed by atoms with van der Waals surface area (Å²) in [5.41, 5.74) is 2.17. The summed E-state index contributed by atoms with van der Waals surface area (Å²) in [5.74, 6) is 0.319. The van der Waals surface area contributed by atoms with Gasteiger partial charge >= 0.3 is 0 Å². The molecule has 0 aromatic heterocycles. The monoisotopic (exact) mass is 128 g/mol. The van der Waals surface area contributed by atoms with Gasteiger partial charge in [-0.1, -0.05) is 6.92 Å². The number of ketones is 1. The minimum Gasteiger partial charge on any atom is -0.300 e. The topological polar surface area (TPSA) is 17.1 Å². The van der Waals surface area contributed by atoms with Crippen molar-refractivity contribution in [3.8, 4) is 0 Å². The fourth-order valence-corrected chi connectivity index (χ4v) is 1.36. The molecule has 0 aliphatic rings. The average Bonchev–Trinajstić information content (AvgIpc) is 1.66. The second-order valence-electron chi connectivity index (χ2n) is 1.81. The zero-order chi connectivity index (χ0) is 6.41. The second kappa shape index (κ2) is 4.90. The highest BCUT2D eigenvalue weighted by atomic mass is 28.2. The molecule has 0 rings (SSSR count). The van der Waals surface area contributed by atoms with Crippen molar-refractivity contribution < 1.29 is 4.79 Å². The summed E-state index contributed by atoms with van der Waals surface area (Å²) in [4.78, 5) is 10.3. The Labute approximate surface area is 52.5 Å². The van der Waals surface area contributed by atoms with Crippen LogP contribution in [0.4, 0.5) is 0 Å².